The SMILES string of the molecule is O=C(CNc1cc(Cl)ccc1Br)NC1CC1. The third-order valence-corrected chi connectivity index (χ3v) is 3.24. The number of hydrogen-bond donors (Lipinski definition) is 2. The molecule has 0 bridgehead atoms. The van der Waals surface area contributed by atoms with E-state index >= 15 is 0 Å². The molecule has 5 heteroatoms. The Hall–Kier alpha value is -0.740. The Labute approximate surface area is 108 Å². The fraction of sp³-hybridized carbons (Fsp3) is 0.364. The number of benzene rings is 1. The molecule has 86 valence electrons. The van der Waals surface area contributed by atoms with Crippen molar-refractivity contribution in [3.8, 4) is 0 Å². The molecule has 0 heterocycles. The van der Waals surface area contributed by atoms with Crippen LogP contribution in [0.25, 0.3) is 0 Å². The third kappa shape index (κ3) is 3.39. The van der Waals surface area contributed by atoms with Gasteiger partial charge in [0.2, 0.25) is 5.91 Å². The van der Waals surface area contributed by atoms with Crippen LogP contribution in [0.3, 0.4) is 0 Å². The second-order valence-electron chi connectivity index (χ2n) is 3.82. The molecule has 1 aromatic carbocycles. The Bertz CT molecular complexity index is 407. The molecule has 0 unspecified atom stereocenters. The Morgan fingerprint density at radius 1 is 1.50 bits per heavy atom. The molecule has 0 spiro atoms. The second-order valence-corrected chi connectivity index (χ2v) is 5.11. The molecule has 0 aliphatic heterocycles. The summed E-state index contributed by atoms with van der Waals surface area (Å²) in [6, 6.07) is 5.83. The number of amides is 1. The van der Waals surface area contributed by atoms with Crippen LogP contribution in [0.15, 0.2) is 22.7 Å². The van der Waals surface area contributed by atoms with Gasteiger partial charge in [-0.05, 0) is 47.0 Å². The molecule has 1 amide bonds. The van der Waals surface area contributed by atoms with Crippen molar-refractivity contribution in [3.63, 3.8) is 0 Å². The molecule has 16 heavy (non-hydrogen) atoms. The minimum absolute atomic E-state index is 0.0226. The van der Waals surface area contributed by atoms with Crippen LogP contribution in [0.5, 0.6) is 0 Å². The van der Waals surface area contributed by atoms with Gasteiger partial charge in [-0.1, -0.05) is 11.6 Å². The lowest BCUT2D eigenvalue weighted by Gasteiger charge is -2.09. The average Bonchev–Trinajstić information content (AvgIpc) is 3.03. The van der Waals surface area contributed by atoms with Gasteiger partial charge in [-0.15, -0.1) is 0 Å². The van der Waals surface area contributed by atoms with E-state index in [-0.39, 0.29) is 12.5 Å². The molecule has 0 saturated heterocycles. The third-order valence-electron chi connectivity index (χ3n) is 2.31. The van der Waals surface area contributed by atoms with Crippen LogP contribution >= 0.6 is 27.5 Å². The highest BCUT2D eigenvalue weighted by Gasteiger charge is 2.22. The van der Waals surface area contributed by atoms with Gasteiger partial charge in [-0.25, -0.2) is 0 Å². The lowest BCUT2D eigenvalue weighted by molar-refractivity contribution is -0.119. The molecule has 3 nitrogen and oxygen atoms in total. The van der Waals surface area contributed by atoms with Gasteiger partial charge in [0, 0.05) is 15.5 Å². The van der Waals surface area contributed by atoms with E-state index < -0.39 is 0 Å². The normalized spacial score (nSPS) is 14.6. The number of carbonyl (C=O) groups excluding carboxylic acids is 1. The van der Waals surface area contributed by atoms with Gasteiger partial charge < -0.3 is 10.6 Å². The van der Waals surface area contributed by atoms with Crippen molar-refractivity contribution >= 4 is 39.1 Å². The molecule has 1 saturated carbocycles. The second kappa shape index (κ2) is 5.06. The van der Waals surface area contributed by atoms with E-state index in [1.54, 1.807) is 12.1 Å². The number of rotatable bonds is 4. The van der Waals surface area contributed by atoms with E-state index in [2.05, 4.69) is 26.6 Å². The van der Waals surface area contributed by atoms with E-state index in [0.717, 1.165) is 23.0 Å². The Morgan fingerprint density at radius 2 is 2.25 bits per heavy atom. The maximum atomic E-state index is 11.4. The molecule has 1 aliphatic carbocycles. The van der Waals surface area contributed by atoms with Crippen molar-refractivity contribution in [2.45, 2.75) is 18.9 Å². The molecule has 2 N–H and O–H groups in total. The zero-order valence-corrected chi connectivity index (χ0v) is 10.9. The van der Waals surface area contributed by atoms with E-state index in [0.29, 0.717) is 11.1 Å². The fourth-order valence-electron chi connectivity index (χ4n) is 1.31. The van der Waals surface area contributed by atoms with Crippen LogP contribution in [-0.2, 0) is 4.79 Å². The zero-order chi connectivity index (χ0) is 11.5. The largest absolute Gasteiger partial charge is 0.375 e. The van der Waals surface area contributed by atoms with Gasteiger partial charge in [0.25, 0.3) is 0 Å². The summed E-state index contributed by atoms with van der Waals surface area (Å²) in [5.41, 5.74) is 0.832. The first-order valence-corrected chi connectivity index (χ1v) is 6.30. The Morgan fingerprint density at radius 3 is 2.94 bits per heavy atom. The van der Waals surface area contributed by atoms with Crippen LogP contribution in [-0.4, -0.2) is 18.5 Å². The quantitative estimate of drug-likeness (QED) is 0.898. The van der Waals surface area contributed by atoms with E-state index in [4.69, 9.17) is 11.6 Å². The summed E-state index contributed by atoms with van der Waals surface area (Å²) in [6.07, 6.45) is 2.21. The molecule has 1 fully saturated rings. The highest BCUT2D eigenvalue weighted by molar-refractivity contribution is 9.10. The molecule has 2 rings (SSSR count). The number of hydrogen-bond acceptors (Lipinski definition) is 2. The molecular formula is C11H12BrClN2O. The number of carbonyl (C=O) groups is 1. The molecule has 1 aliphatic rings. The summed E-state index contributed by atoms with van der Waals surface area (Å²) in [5, 5.41) is 6.60. The first kappa shape index (κ1) is 11.7. The first-order chi connectivity index (χ1) is 7.65. The highest BCUT2D eigenvalue weighted by atomic mass is 79.9. The van der Waals surface area contributed by atoms with Crippen molar-refractivity contribution < 1.29 is 4.79 Å². The van der Waals surface area contributed by atoms with Crippen LogP contribution in [0.2, 0.25) is 5.02 Å². The van der Waals surface area contributed by atoms with Gasteiger partial charge in [-0.3, -0.25) is 4.79 Å². The Balaban J connectivity index is 1.87. The van der Waals surface area contributed by atoms with Crippen molar-refractivity contribution in [2.24, 2.45) is 0 Å². The molecule has 1 aromatic rings. The van der Waals surface area contributed by atoms with E-state index in [9.17, 15) is 4.79 Å². The minimum Gasteiger partial charge on any atom is -0.375 e. The maximum absolute atomic E-state index is 11.4. The Kier molecular flexibility index (Phi) is 3.71. The van der Waals surface area contributed by atoms with Gasteiger partial charge >= 0.3 is 0 Å². The topological polar surface area (TPSA) is 41.1 Å². The van der Waals surface area contributed by atoms with Gasteiger partial charge in [-0.2, -0.15) is 0 Å². The van der Waals surface area contributed by atoms with E-state index in [1.807, 2.05) is 6.07 Å². The van der Waals surface area contributed by atoms with Crippen LogP contribution in [0.1, 0.15) is 12.8 Å². The smallest absolute Gasteiger partial charge is 0.239 e. The summed E-state index contributed by atoms with van der Waals surface area (Å²) in [7, 11) is 0. The summed E-state index contributed by atoms with van der Waals surface area (Å²) in [5.74, 6) is 0.0226. The number of halogens is 2. The molecule has 0 radical (unpaired) electrons. The highest BCUT2D eigenvalue weighted by Crippen LogP contribution is 2.25. The summed E-state index contributed by atoms with van der Waals surface area (Å²) >= 11 is 9.26. The first-order valence-electron chi connectivity index (χ1n) is 5.13. The summed E-state index contributed by atoms with van der Waals surface area (Å²) in [6.45, 7) is 0.273. The van der Waals surface area contributed by atoms with Crippen LogP contribution in [0, 0.1) is 0 Å². The monoisotopic (exact) mass is 302 g/mol. The zero-order valence-electron chi connectivity index (χ0n) is 8.59. The predicted molar refractivity (Wildman–Crippen MR) is 68.8 cm³/mol. The van der Waals surface area contributed by atoms with Crippen LogP contribution < -0.4 is 10.6 Å². The van der Waals surface area contributed by atoms with Crippen LogP contribution in [0.4, 0.5) is 5.69 Å². The van der Waals surface area contributed by atoms with Gasteiger partial charge in [0.15, 0.2) is 0 Å². The molecule has 0 aromatic heterocycles. The van der Waals surface area contributed by atoms with Gasteiger partial charge in [0.05, 0.1) is 12.2 Å². The molecular weight excluding hydrogens is 291 g/mol. The van der Waals surface area contributed by atoms with Gasteiger partial charge in [0.1, 0.15) is 0 Å². The maximum Gasteiger partial charge on any atom is 0.239 e. The number of nitrogens with one attached hydrogen (secondary N) is 2. The lowest BCUT2D eigenvalue weighted by Crippen LogP contribution is -2.31. The lowest BCUT2D eigenvalue weighted by atomic mass is 10.3. The minimum atomic E-state index is 0.0226. The predicted octanol–water partition coefficient (Wildman–Crippen LogP) is 2.79. The average molecular weight is 304 g/mol. The molecule has 0 atom stereocenters. The van der Waals surface area contributed by atoms with Crippen molar-refractivity contribution in [1.29, 1.82) is 0 Å². The van der Waals surface area contributed by atoms with E-state index in [1.165, 1.54) is 0 Å². The van der Waals surface area contributed by atoms with Crippen molar-refractivity contribution in [3.05, 3.63) is 27.7 Å². The van der Waals surface area contributed by atoms with Crippen molar-refractivity contribution in [1.82, 2.24) is 5.32 Å². The summed E-state index contributed by atoms with van der Waals surface area (Å²) in [4.78, 5) is 11.4. The summed E-state index contributed by atoms with van der Waals surface area (Å²) < 4.78 is 0.899. The number of anilines is 1. The standard InChI is InChI=1S/C11H12BrClN2O/c12-9-4-1-7(13)5-10(9)14-6-11(16)15-8-2-3-8/h1,4-5,8,14H,2-3,6H2,(H,15,16). The fourth-order valence-corrected chi connectivity index (χ4v) is 1.87. The van der Waals surface area contributed by atoms with Crippen molar-refractivity contribution in [2.75, 3.05) is 11.9 Å².